The van der Waals surface area contributed by atoms with E-state index in [4.69, 9.17) is 14.2 Å². The van der Waals surface area contributed by atoms with Gasteiger partial charge in [0.25, 0.3) is 0 Å². The number of benzene rings is 1. The average Bonchev–Trinajstić information content (AvgIpc) is 2.73. The minimum atomic E-state index is -0.690. The van der Waals surface area contributed by atoms with Gasteiger partial charge < -0.3 is 30.0 Å². The van der Waals surface area contributed by atoms with Crippen LogP contribution in [0.25, 0.3) is 0 Å². The van der Waals surface area contributed by atoms with Gasteiger partial charge in [0, 0.05) is 24.8 Å². The van der Waals surface area contributed by atoms with Gasteiger partial charge in [0.15, 0.2) is 11.5 Å². The molecule has 0 aliphatic rings. The van der Waals surface area contributed by atoms with Gasteiger partial charge in [0.2, 0.25) is 6.41 Å². The number of amides is 1. The van der Waals surface area contributed by atoms with Gasteiger partial charge in [-0.3, -0.25) is 4.79 Å². The van der Waals surface area contributed by atoms with Crippen LogP contribution >= 0.6 is 0 Å². The van der Waals surface area contributed by atoms with Crippen molar-refractivity contribution in [1.29, 1.82) is 0 Å². The van der Waals surface area contributed by atoms with Crippen molar-refractivity contribution in [3.05, 3.63) is 60.6 Å². The molecule has 1 amide bonds. The van der Waals surface area contributed by atoms with E-state index in [1.807, 2.05) is 12.1 Å². The molecule has 1 rings (SSSR count). The Morgan fingerprint density at radius 2 is 2.03 bits per heavy atom. The van der Waals surface area contributed by atoms with E-state index in [9.17, 15) is 9.90 Å². The Morgan fingerprint density at radius 3 is 2.66 bits per heavy atom. The number of aryl methyl sites for hydroxylation is 1. The first-order valence-electron chi connectivity index (χ1n) is 9.60. The van der Waals surface area contributed by atoms with Gasteiger partial charge in [0.1, 0.15) is 25.1 Å². The lowest BCUT2D eigenvalue weighted by molar-refractivity contribution is -0.105. The van der Waals surface area contributed by atoms with Crippen LogP contribution in [0.1, 0.15) is 18.9 Å². The predicted octanol–water partition coefficient (Wildman–Crippen LogP) is 2.78. The van der Waals surface area contributed by atoms with Crippen molar-refractivity contribution in [2.45, 2.75) is 25.9 Å². The fraction of sp³-hybridized carbons (Fsp3) is 0.409. The van der Waals surface area contributed by atoms with Crippen LogP contribution in [0, 0.1) is 0 Å². The third-order valence-corrected chi connectivity index (χ3v) is 4.01. The van der Waals surface area contributed by atoms with Crippen LogP contribution in [0.3, 0.4) is 0 Å². The number of hydrogen-bond donors (Lipinski definition) is 3. The van der Waals surface area contributed by atoms with Gasteiger partial charge in [-0.05, 0) is 30.2 Å². The molecule has 3 N–H and O–H groups in total. The maximum absolute atomic E-state index is 10.8. The summed E-state index contributed by atoms with van der Waals surface area (Å²) in [6, 6.07) is 5.53. The quantitative estimate of drug-likeness (QED) is 0.170. The van der Waals surface area contributed by atoms with E-state index in [1.54, 1.807) is 18.2 Å². The molecule has 1 aromatic rings. The van der Waals surface area contributed by atoms with Crippen molar-refractivity contribution >= 4 is 12.1 Å². The fourth-order valence-electron chi connectivity index (χ4n) is 2.60. The number of aliphatic hydroxyl groups excluding tert-OH is 1. The molecule has 0 bridgehead atoms. The minimum absolute atomic E-state index is 0.129. The van der Waals surface area contributed by atoms with E-state index in [0.29, 0.717) is 43.4 Å². The molecule has 0 aliphatic carbocycles. The number of carbonyl (C=O) groups excluding carboxylic acids is 1. The summed E-state index contributed by atoms with van der Waals surface area (Å²) < 4.78 is 16.3. The van der Waals surface area contributed by atoms with Gasteiger partial charge in [-0.15, -0.1) is 0 Å². The molecule has 0 saturated heterocycles. The second-order valence-electron chi connectivity index (χ2n) is 6.19. The van der Waals surface area contributed by atoms with E-state index in [-0.39, 0.29) is 6.61 Å². The Balaban J connectivity index is 2.38. The zero-order chi connectivity index (χ0) is 21.5. The van der Waals surface area contributed by atoms with Gasteiger partial charge >= 0.3 is 0 Å². The van der Waals surface area contributed by atoms with E-state index in [1.165, 1.54) is 7.11 Å². The molecule has 0 fully saturated rings. The highest BCUT2D eigenvalue weighted by Crippen LogP contribution is 2.23. The Bertz CT molecular complexity index is 688. The number of carbonyl (C=O) groups is 1. The average molecular weight is 405 g/mol. The summed E-state index contributed by atoms with van der Waals surface area (Å²) in [6.45, 7) is 10.8. The molecular formula is C22H32N2O5. The van der Waals surface area contributed by atoms with Gasteiger partial charge in [0.05, 0.1) is 7.11 Å². The van der Waals surface area contributed by atoms with Gasteiger partial charge in [-0.2, -0.15) is 0 Å². The van der Waals surface area contributed by atoms with E-state index < -0.39 is 6.10 Å². The summed E-state index contributed by atoms with van der Waals surface area (Å²) in [4.78, 5) is 10.8. The lowest BCUT2D eigenvalue weighted by Gasteiger charge is -2.15. The number of aliphatic hydroxyl groups is 1. The highest BCUT2D eigenvalue weighted by atomic mass is 16.5. The second-order valence-corrected chi connectivity index (χ2v) is 6.19. The zero-order valence-electron chi connectivity index (χ0n) is 17.3. The maximum atomic E-state index is 10.8. The standard InChI is InChI=1S/C22H32N2O5/c1-5-8-17-9-10-19(13-20(17)24-16-25)29-15-18(26)14-23-11-12-28-22(7-3)21(6-2)27-4/h6-7,9-10,13,16,18,23,26H,2-3,5,8,11-12,14-15H2,1,4H3,(H,24,25)/b22-21-. The summed E-state index contributed by atoms with van der Waals surface area (Å²) in [5, 5.41) is 15.9. The molecule has 7 heteroatoms. The molecule has 0 heterocycles. The van der Waals surface area contributed by atoms with Crippen molar-refractivity contribution in [1.82, 2.24) is 5.32 Å². The van der Waals surface area contributed by atoms with Crippen LogP contribution in [-0.2, 0) is 20.7 Å². The molecule has 0 radical (unpaired) electrons. The summed E-state index contributed by atoms with van der Waals surface area (Å²) in [5.41, 5.74) is 1.78. The molecule has 0 aliphatic heterocycles. The number of hydrogen-bond acceptors (Lipinski definition) is 6. The fourth-order valence-corrected chi connectivity index (χ4v) is 2.60. The second kappa shape index (κ2) is 14.3. The van der Waals surface area contributed by atoms with Crippen molar-refractivity contribution in [2.24, 2.45) is 0 Å². The number of anilines is 1. The largest absolute Gasteiger partial charge is 0.493 e. The Labute approximate surface area is 173 Å². The molecule has 160 valence electrons. The monoisotopic (exact) mass is 404 g/mol. The lowest BCUT2D eigenvalue weighted by Crippen LogP contribution is -2.33. The first-order chi connectivity index (χ1) is 14.1. The Hall–Kier alpha value is -2.77. The number of methoxy groups -OCH3 is 1. The number of allylic oxidation sites excluding steroid dienone is 2. The summed E-state index contributed by atoms with van der Waals surface area (Å²) in [5.74, 6) is 1.62. The van der Waals surface area contributed by atoms with E-state index in [2.05, 4.69) is 30.7 Å². The van der Waals surface area contributed by atoms with Crippen LogP contribution in [0.4, 0.5) is 5.69 Å². The SMILES string of the molecule is C=C/C(OC)=C(\C=C)OCCNCC(O)COc1ccc(CCC)c(NC=O)c1. The maximum Gasteiger partial charge on any atom is 0.211 e. The Morgan fingerprint density at radius 1 is 1.28 bits per heavy atom. The number of rotatable bonds is 16. The molecule has 1 unspecified atom stereocenters. The first-order valence-corrected chi connectivity index (χ1v) is 9.60. The predicted molar refractivity (Wildman–Crippen MR) is 115 cm³/mol. The molecule has 0 spiro atoms. The van der Waals surface area contributed by atoms with Crippen molar-refractivity contribution in [3.8, 4) is 5.75 Å². The smallest absolute Gasteiger partial charge is 0.211 e. The molecule has 29 heavy (non-hydrogen) atoms. The first kappa shape index (κ1) is 24.3. The molecule has 0 aromatic heterocycles. The van der Waals surface area contributed by atoms with Crippen LogP contribution in [0.5, 0.6) is 5.75 Å². The third kappa shape index (κ3) is 8.85. The van der Waals surface area contributed by atoms with Crippen LogP contribution in [0.2, 0.25) is 0 Å². The molecule has 7 nitrogen and oxygen atoms in total. The number of ether oxygens (including phenoxy) is 3. The molecule has 1 atom stereocenters. The summed E-state index contributed by atoms with van der Waals surface area (Å²) in [7, 11) is 1.54. The van der Waals surface area contributed by atoms with Crippen LogP contribution in [0.15, 0.2) is 55.0 Å². The third-order valence-electron chi connectivity index (χ3n) is 4.01. The highest BCUT2D eigenvalue weighted by Gasteiger charge is 2.08. The molecule has 1 aromatic carbocycles. The van der Waals surface area contributed by atoms with Crippen molar-refractivity contribution in [3.63, 3.8) is 0 Å². The van der Waals surface area contributed by atoms with E-state index >= 15 is 0 Å². The summed E-state index contributed by atoms with van der Waals surface area (Å²) >= 11 is 0. The van der Waals surface area contributed by atoms with Crippen LogP contribution in [-0.4, -0.2) is 51.0 Å². The topological polar surface area (TPSA) is 89.1 Å². The van der Waals surface area contributed by atoms with Gasteiger partial charge in [-0.1, -0.05) is 32.6 Å². The number of nitrogens with one attached hydrogen (secondary N) is 2. The van der Waals surface area contributed by atoms with Crippen molar-refractivity contribution < 1.29 is 24.1 Å². The van der Waals surface area contributed by atoms with Gasteiger partial charge in [-0.25, -0.2) is 0 Å². The molecular weight excluding hydrogens is 372 g/mol. The molecule has 0 saturated carbocycles. The van der Waals surface area contributed by atoms with Crippen LogP contribution < -0.4 is 15.4 Å². The Kier molecular flexibility index (Phi) is 11.9. The van der Waals surface area contributed by atoms with Crippen molar-refractivity contribution in [2.75, 3.05) is 38.7 Å². The normalized spacial score (nSPS) is 12.4. The lowest BCUT2D eigenvalue weighted by atomic mass is 10.1. The minimum Gasteiger partial charge on any atom is -0.493 e. The van der Waals surface area contributed by atoms with E-state index in [0.717, 1.165) is 24.1 Å². The highest BCUT2D eigenvalue weighted by molar-refractivity contribution is 5.74. The zero-order valence-corrected chi connectivity index (χ0v) is 17.3. The summed E-state index contributed by atoms with van der Waals surface area (Å²) in [6.07, 6.45) is 4.92.